The van der Waals surface area contributed by atoms with E-state index in [2.05, 4.69) is 9.47 Å². The van der Waals surface area contributed by atoms with Gasteiger partial charge in [-0.2, -0.15) is 0 Å². The number of ether oxygens (including phenoxy) is 2. The van der Waals surface area contributed by atoms with Gasteiger partial charge in [-0.1, -0.05) is 0 Å². The third-order valence-electron chi connectivity index (χ3n) is 6.48. The second-order valence-electron chi connectivity index (χ2n) is 9.01. The van der Waals surface area contributed by atoms with E-state index in [4.69, 9.17) is 10.2 Å². The van der Waals surface area contributed by atoms with Gasteiger partial charge in [0.1, 0.15) is 17.1 Å². The Morgan fingerprint density at radius 1 is 0.727 bits per heavy atom. The van der Waals surface area contributed by atoms with Crippen LogP contribution in [-0.4, -0.2) is 102 Å². The molecule has 0 aliphatic heterocycles. The predicted molar refractivity (Wildman–Crippen MR) is 138 cm³/mol. The van der Waals surface area contributed by atoms with Crippen LogP contribution in [0.2, 0.25) is 0 Å². The van der Waals surface area contributed by atoms with Crippen molar-refractivity contribution in [2.45, 2.75) is 38.2 Å². The van der Waals surface area contributed by atoms with E-state index < -0.39 is 142 Å². The lowest BCUT2D eigenvalue weighted by Crippen LogP contribution is -2.30. The van der Waals surface area contributed by atoms with E-state index >= 15 is 0 Å². The lowest BCUT2D eigenvalue weighted by atomic mass is 9.83. The fourth-order valence-electron chi connectivity index (χ4n) is 4.48. The summed E-state index contributed by atoms with van der Waals surface area (Å²) in [6.07, 6.45) is -6.42. The molecule has 0 saturated carbocycles. The number of carboxylic acids is 4. The minimum Gasteiger partial charge on any atom is -0.507 e. The molecule has 2 aromatic carbocycles. The zero-order chi connectivity index (χ0) is 33.5. The average Bonchev–Trinajstić information content (AvgIpc) is 2.94. The summed E-state index contributed by atoms with van der Waals surface area (Å²) < 4.78 is 9.11. The molecule has 0 bridgehead atoms. The van der Waals surface area contributed by atoms with Crippen molar-refractivity contribution in [1.29, 1.82) is 0 Å². The zero-order valence-corrected chi connectivity index (χ0v) is 22.2. The molecule has 8 N–H and O–H groups in total. The molecular weight excluding hydrogens is 600 g/mol. The number of Topliss-reactive ketones (excluding diaryl/α,β-unsaturated/α-hetero) is 2. The van der Waals surface area contributed by atoms with Gasteiger partial charge < -0.3 is 50.3 Å². The maximum atomic E-state index is 13.1. The second-order valence-corrected chi connectivity index (χ2v) is 9.01. The topological polar surface area (TPSA) is 317 Å². The molecule has 0 aromatic heterocycles. The van der Waals surface area contributed by atoms with Crippen molar-refractivity contribution in [3.63, 3.8) is 0 Å². The first-order valence-corrected chi connectivity index (χ1v) is 12.2. The Labute approximate surface area is 244 Å². The highest BCUT2D eigenvalue weighted by atomic mass is 16.6. The number of rotatable bonds is 18. The molecular formula is C26H24O18. The van der Waals surface area contributed by atoms with Crippen LogP contribution in [0.15, 0.2) is 0 Å². The Kier molecular flexibility index (Phi) is 11.4. The summed E-state index contributed by atoms with van der Waals surface area (Å²) in [5.74, 6) is -16.0. The van der Waals surface area contributed by atoms with Crippen molar-refractivity contribution in [1.82, 2.24) is 0 Å². The number of benzene rings is 2. The molecule has 0 fully saturated rings. The molecule has 2 aromatic rings. The number of phenols is 2. The van der Waals surface area contributed by atoms with Crippen LogP contribution in [0.1, 0.15) is 51.1 Å². The number of fused-ring (bicyclic) bond motifs is 1. The number of aromatic carboxylic acids is 2. The molecule has 2 unspecified atom stereocenters. The van der Waals surface area contributed by atoms with E-state index in [1.54, 1.807) is 0 Å². The first kappa shape index (κ1) is 34.6. The molecule has 0 saturated heterocycles. The SMILES string of the molecule is O=COc1c(OC=O)c(C(=O)O)c2c(O)c(CCC(=O)C(O)C(=O)O)c(CC(=O)C(CO)CCC(=O)O)c(C(=O)O)c2c1O. The first-order valence-electron chi connectivity index (χ1n) is 12.2. The molecule has 18 nitrogen and oxygen atoms in total. The Balaban J connectivity index is 3.12. The van der Waals surface area contributed by atoms with Crippen LogP contribution in [-0.2, 0) is 41.6 Å². The predicted octanol–water partition coefficient (Wildman–Crippen LogP) is -0.750. The van der Waals surface area contributed by atoms with Gasteiger partial charge in [0.2, 0.25) is 11.9 Å². The Morgan fingerprint density at radius 3 is 1.75 bits per heavy atom. The van der Waals surface area contributed by atoms with Gasteiger partial charge in [0, 0.05) is 36.0 Å². The van der Waals surface area contributed by atoms with Gasteiger partial charge in [0.15, 0.2) is 17.3 Å². The molecule has 0 radical (unpaired) electrons. The Morgan fingerprint density at radius 2 is 1.27 bits per heavy atom. The monoisotopic (exact) mass is 624 g/mol. The molecule has 2 rings (SSSR count). The van der Waals surface area contributed by atoms with Crippen LogP contribution in [0.25, 0.3) is 10.8 Å². The van der Waals surface area contributed by atoms with Crippen molar-refractivity contribution in [2.24, 2.45) is 5.92 Å². The maximum absolute atomic E-state index is 13.1. The highest BCUT2D eigenvalue weighted by Crippen LogP contribution is 2.52. The fourth-order valence-corrected chi connectivity index (χ4v) is 4.48. The Bertz CT molecular complexity index is 1550. The van der Waals surface area contributed by atoms with E-state index in [9.17, 15) is 69.0 Å². The highest BCUT2D eigenvalue weighted by molar-refractivity contribution is 6.19. The number of carboxylic acid groups (broad SMARTS) is 4. The van der Waals surface area contributed by atoms with Crippen molar-refractivity contribution in [2.75, 3.05) is 6.61 Å². The summed E-state index contributed by atoms with van der Waals surface area (Å²) in [7, 11) is 0. The summed E-state index contributed by atoms with van der Waals surface area (Å²) in [6, 6.07) is 0. The number of aliphatic hydroxyl groups excluding tert-OH is 2. The van der Waals surface area contributed by atoms with Crippen molar-refractivity contribution in [3.8, 4) is 23.0 Å². The van der Waals surface area contributed by atoms with Crippen LogP contribution < -0.4 is 9.47 Å². The molecule has 44 heavy (non-hydrogen) atoms. The molecule has 2 atom stereocenters. The molecule has 0 aliphatic rings. The second kappa shape index (κ2) is 14.5. The first-order chi connectivity index (χ1) is 20.6. The van der Waals surface area contributed by atoms with Gasteiger partial charge >= 0.3 is 23.9 Å². The number of carbonyl (C=O) groups excluding carboxylic acids is 4. The highest BCUT2D eigenvalue weighted by Gasteiger charge is 2.36. The number of hydrogen-bond acceptors (Lipinski definition) is 14. The van der Waals surface area contributed by atoms with Crippen LogP contribution in [0.3, 0.4) is 0 Å². The van der Waals surface area contributed by atoms with Crippen molar-refractivity contribution < 1.29 is 88.7 Å². The van der Waals surface area contributed by atoms with Crippen molar-refractivity contribution in [3.05, 3.63) is 22.3 Å². The van der Waals surface area contributed by atoms with Gasteiger partial charge in [-0.15, -0.1) is 0 Å². The van der Waals surface area contributed by atoms with Crippen LogP contribution in [0.5, 0.6) is 23.0 Å². The number of phenolic OH excluding ortho intramolecular Hbond substituents is 2. The summed E-state index contributed by atoms with van der Waals surface area (Å²) in [6.45, 7) is -1.62. The van der Waals surface area contributed by atoms with Gasteiger partial charge in [0.05, 0.1) is 12.2 Å². The maximum Gasteiger partial charge on any atom is 0.340 e. The lowest BCUT2D eigenvalue weighted by molar-refractivity contribution is -0.152. The lowest BCUT2D eigenvalue weighted by Gasteiger charge is -2.22. The molecule has 236 valence electrons. The number of aliphatic carboxylic acids is 2. The molecule has 0 spiro atoms. The van der Waals surface area contributed by atoms with E-state index in [1.807, 2.05) is 0 Å². The summed E-state index contributed by atoms with van der Waals surface area (Å²) in [5.41, 5.74) is -3.71. The summed E-state index contributed by atoms with van der Waals surface area (Å²) in [4.78, 5) is 94.6. The largest absolute Gasteiger partial charge is 0.507 e. The van der Waals surface area contributed by atoms with Gasteiger partial charge in [0.25, 0.3) is 12.9 Å². The molecule has 18 heteroatoms. The molecule has 0 heterocycles. The van der Waals surface area contributed by atoms with Gasteiger partial charge in [-0.05, 0) is 24.0 Å². The smallest absolute Gasteiger partial charge is 0.340 e. The third-order valence-corrected chi connectivity index (χ3v) is 6.48. The summed E-state index contributed by atoms with van der Waals surface area (Å²) in [5, 5.41) is 77.4. The van der Waals surface area contributed by atoms with Crippen LogP contribution in [0.4, 0.5) is 0 Å². The van der Waals surface area contributed by atoms with Crippen LogP contribution >= 0.6 is 0 Å². The standard InChI is InChI=1S/C26H24O18/c27-6-9(1-4-14(32)33)13(31)5-11-10(2-3-12(30)20(35)26(41)42)19(34)17-16(15(11)24(37)38)21(36)23(44-8-29)22(43-7-28)18(17)25(39)40/h7-9,20,27,34-36H,1-6H2,(H,32,33)(H,37,38)(H,39,40)(H,41,42). The number of aromatic hydroxyl groups is 2. The number of carbonyl (C=O) groups is 8. The van der Waals surface area contributed by atoms with Gasteiger partial charge in [-0.25, -0.2) is 14.4 Å². The average molecular weight is 624 g/mol. The van der Waals surface area contributed by atoms with Gasteiger partial charge in [-0.3, -0.25) is 24.0 Å². The number of ketones is 2. The zero-order valence-electron chi connectivity index (χ0n) is 22.2. The van der Waals surface area contributed by atoms with Crippen LogP contribution in [0, 0.1) is 5.92 Å². The van der Waals surface area contributed by atoms with E-state index in [1.165, 1.54) is 0 Å². The summed E-state index contributed by atoms with van der Waals surface area (Å²) >= 11 is 0. The number of hydrogen-bond donors (Lipinski definition) is 8. The third kappa shape index (κ3) is 7.05. The minimum atomic E-state index is -2.56. The van der Waals surface area contributed by atoms with Crippen molar-refractivity contribution >= 4 is 59.2 Å². The minimum absolute atomic E-state index is 0.350. The number of aliphatic hydroxyl groups is 2. The van der Waals surface area contributed by atoms with E-state index in [-0.39, 0.29) is 12.9 Å². The Hall–Kier alpha value is -5.62. The fraction of sp³-hybridized carbons (Fsp3) is 0.308. The molecule has 0 aliphatic carbocycles. The normalized spacial score (nSPS) is 12.1. The quantitative estimate of drug-likeness (QED) is 0.0746. The molecule has 0 amide bonds. The van der Waals surface area contributed by atoms with E-state index in [0.29, 0.717) is 0 Å². The van der Waals surface area contributed by atoms with E-state index in [0.717, 1.165) is 0 Å².